The zero-order valence-corrected chi connectivity index (χ0v) is 12.1. The van der Waals surface area contributed by atoms with Crippen molar-refractivity contribution >= 4 is 23.8 Å². The molecule has 4 N–H and O–H groups in total. The maximum Gasteiger partial charge on any atom is 0.322 e. The summed E-state index contributed by atoms with van der Waals surface area (Å²) in [6, 6.07) is -1.31. The largest absolute Gasteiger partial charge is 0.481 e. The molecule has 1 fully saturated rings. The zero-order chi connectivity index (χ0) is 16.0. The van der Waals surface area contributed by atoms with Crippen LogP contribution in [-0.2, 0) is 14.4 Å². The van der Waals surface area contributed by atoms with E-state index in [0.717, 1.165) is 12.8 Å². The minimum atomic E-state index is -0.995. The monoisotopic (exact) mass is 299 g/mol. The van der Waals surface area contributed by atoms with E-state index in [1.54, 1.807) is 6.92 Å². The summed E-state index contributed by atoms with van der Waals surface area (Å²) in [7, 11) is 0. The predicted molar refractivity (Wildman–Crippen MR) is 73.3 cm³/mol. The second kappa shape index (κ2) is 7.61. The molecule has 1 aliphatic rings. The van der Waals surface area contributed by atoms with Crippen molar-refractivity contribution < 1.29 is 24.3 Å². The molecule has 0 aromatic carbocycles. The van der Waals surface area contributed by atoms with Crippen molar-refractivity contribution in [3.63, 3.8) is 0 Å². The predicted octanol–water partition coefficient (Wildman–Crippen LogP) is -0.0198. The van der Waals surface area contributed by atoms with E-state index < -0.39 is 23.9 Å². The van der Waals surface area contributed by atoms with Crippen LogP contribution in [0, 0.1) is 5.92 Å². The lowest BCUT2D eigenvalue weighted by Gasteiger charge is -2.14. The second-order valence-electron chi connectivity index (χ2n) is 5.43. The third-order valence-corrected chi connectivity index (χ3v) is 2.97. The minimum absolute atomic E-state index is 0.0671. The summed E-state index contributed by atoms with van der Waals surface area (Å²) in [4.78, 5) is 45.1. The van der Waals surface area contributed by atoms with E-state index in [0.29, 0.717) is 0 Å². The van der Waals surface area contributed by atoms with Gasteiger partial charge in [-0.15, -0.1) is 0 Å². The molecule has 0 heterocycles. The Morgan fingerprint density at radius 2 is 1.76 bits per heavy atom. The van der Waals surface area contributed by atoms with Crippen LogP contribution in [0.4, 0.5) is 4.79 Å². The molecule has 1 aliphatic carbocycles. The number of hydrogen-bond acceptors (Lipinski definition) is 4. The van der Waals surface area contributed by atoms with E-state index in [2.05, 4.69) is 16.0 Å². The Kier molecular flexibility index (Phi) is 6.13. The van der Waals surface area contributed by atoms with E-state index in [4.69, 9.17) is 5.11 Å². The van der Waals surface area contributed by atoms with Crippen molar-refractivity contribution in [2.75, 3.05) is 0 Å². The van der Waals surface area contributed by atoms with Crippen molar-refractivity contribution in [2.45, 2.75) is 51.6 Å². The number of nitrogens with one attached hydrogen (secondary N) is 3. The third kappa shape index (κ3) is 7.28. The number of aliphatic carboxylic acids is 1. The van der Waals surface area contributed by atoms with E-state index >= 15 is 0 Å². The van der Waals surface area contributed by atoms with Crippen LogP contribution in [0.25, 0.3) is 0 Å². The Hall–Kier alpha value is -2.12. The number of amides is 4. The standard InChI is InChI=1S/C13H21N3O5/c1-7(6-11(18)19)5-10(17)16-13(21)14-8(2)12(20)15-9-3-4-9/h7-9H,3-6H2,1-2H3,(H,15,20)(H,18,19)(H2,14,16,17,21). The van der Waals surface area contributed by atoms with Crippen LogP contribution in [0.2, 0.25) is 0 Å². The molecule has 0 aliphatic heterocycles. The Balaban J connectivity index is 2.26. The molecule has 0 aromatic heterocycles. The van der Waals surface area contributed by atoms with Crippen molar-refractivity contribution in [3.05, 3.63) is 0 Å². The van der Waals surface area contributed by atoms with Crippen LogP contribution in [0.1, 0.15) is 39.5 Å². The fourth-order valence-electron chi connectivity index (χ4n) is 1.72. The molecule has 8 heteroatoms. The van der Waals surface area contributed by atoms with Gasteiger partial charge in [-0.3, -0.25) is 19.7 Å². The number of carboxylic acids is 1. The third-order valence-electron chi connectivity index (χ3n) is 2.97. The fourth-order valence-corrected chi connectivity index (χ4v) is 1.72. The fraction of sp³-hybridized carbons (Fsp3) is 0.692. The Morgan fingerprint density at radius 1 is 1.14 bits per heavy atom. The number of rotatable bonds is 7. The van der Waals surface area contributed by atoms with Crippen molar-refractivity contribution in [3.8, 4) is 0 Å². The van der Waals surface area contributed by atoms with Crippen molar-refractivity contribution in [1.29, 1.82) is 0 Å². The highest BCUT2D eigenvalue weighted by molar-refractivity contribution is 5.96. The highest BCUT2D eigenvalue weighted by Crippen LogP contribution is 2.18. The Morgan fingerprint density at radius 3 is 2.29 bits per heavy atom. The highest BCUT2D eigenvalue weighted by atomic mass is 16.4. The number of carbonyl (C=O) groups excluding carboxylic acids is 3. The summed E-state index contributed by atoms with van der Waals surface area (Å²) in [5.41, 5.74) is 0. The number of carboxylic acid groups (broad SMARTS) is 1. The summed E-state index contributed by atoms with van der Waals surface area (Å²) in [6.45, 7) is 3.13. The summed E-state index contributed by atoms with van der Waals surface area (Å²) >= 11 is 0. The molecule has 8 nitrogen and oxygen atoms in total. The molecule has 0 saturated heterocycles. The first-order valence-electron chi connectivity index (χ1n) is 6.90. The maximum absolute atomic E-state index is 11.6. The summed E-state index contributed by atoms with van der Waals surface area (Å²) in [6.07, 6.45) is 1.69. The number of urea groups is 1. The molecule has 118 valence electrons. The lowest BCUT2D eigenvalue weighted by molar-refractivity contribution is -0.138. The van der Waals surface area contributed by atoms with Crippen LogP contribution in [0.15, 0.2) is 0 Å². The van der Waals surface area contributed by atoms with Gasteiger partial charge in [0.1, 0.15) is 6.04 Å². The van der Waals surface area contributed by atoms with Crippen LogP contribution in [0.3, 0.4) is 0 Å². The van der Waals surface area contributed by atoms with Gasteiger partial charge < -0.3 is 15.7 Å². The summed E-state index contributed by atoms with van der Waals surface area (Å²) in [5.74, 6) is -2.23. The molecule has 1 rings (SSSR count). The van der Waals surface area contributed by atoms with E-state index in [-0.39, 0.29) is 30.7 Å². The molecule has 0 aromatic rings. The van der Waals surface area contributed by atoms with Gasteiger partial charge in [-0.05, 0) is 25.7 Å². The van der Waals surface area contributed by atoms with E-state index in [1.807, 2.05) is 0 Å². The topological polar surface area (TPSA) is 125 Å². The van der Waals surface area contributed by atoms with Gasteiger partial charge in [0.25, 0.3) is 0 Å². The molecule has 4 amide bonds. The molecule has 0 bridgehead atoms. The lowest BCUT2D eigenvalue weighted by atomic mass is 10.0. The molecule has 0 radical (unpaired) electrons. The molecule has 2 atom stereocenters. The Bertz CT molecular complexity index is 434. The molecular formula is C13H21N3O5. The maximum atomic E-state index is 11.6. The molecule has 0 spiro atoms. The smallest absolute Gasteiger partial charge is 0.322 e. The number of imide groups is 1. The molecule has 21 heavy (non-hydrogen) atoms. The van der Waals surface area contributed by atoms with E-state index in [1.165, 1.54) is 6.92 Å². The van der Waals surface area contributed by atoms with Crippen LogP contribution < -0.4 is 16.0 Å². The van der Waals surface area contributed by atoms with Gasteiger partial charge in [0.05, 0.1) is 0 Å². The average molecular weight is 299 g/mol. The number of hydrogen-bond donors (Lipinski definition) is 4. The first-order chi connectivity index (χ1) is 9.77. The van der Waals surface area contributed by atoms with E-state index in [9.17, 15) is 19.2 Å². The van der Waals surface area contributed by atoms with Crippen LogP contribution in [0.5, 0.6) is 0 Å². The second-order valence-corrected chi connectivity index (χ2v) is 5.43. The molecule has 2 unspecified atom stereocenters. The van der Waals surface area contributed by atoms with Gasteiger partial charge in [0, 0.05) is 18.9 Å². The van der Waals surface area contributed by atoms with Gasteiger partial charge in [0.2, 0.25) is 11.8 Å². The quantitative estimate of drug-likeness (QED) is 0.526. The van der Waals surface area contributed by atoms with Crippen molar-refractivity contribution in [2.24, 2.45) is 5.92 Å². The van der Waals surface area contributed by atoms with Crippen LogP contribution >= 0.6 is 0 Å². The lowest BCUT2D eigenvalue weighted by Crippen LogP contribution is -2.50. The first kappa shape index (κ1) is 16.9. The highest BCUT2D eigenvalue weighted by Gasteiger charge is 2.26. The SMILES string of the molecule is CC(CC(=O)O)CC(=O)NC(=O)NC(C)C(=O)NC1CC1. The number of carbonyl (C=O) groups is 4. The van der Waals surface area contributed by atoms with Gasteiger partial charge in [-0.1, -0.05) is 6.92 Å². The molecule has 1 saturated carbocycles. The first-order valence-corrected chi connectivity index (χ1v) is 6.90. The normalized spacial score (nSPS) is 16.5. The summed E-state index contributed by atoms with van der Waals surface area (Å²) in [5, 5.41) is 15.8. The molecular weight excluding hydrogens is 278 g/mol. The zero-order valence-electron chi connectivity index (χ0n) is 12.1. The summed E-state index contributed by atoms with van der Waals surface area (Å²) < 4.78 is 0. The van der Waals surface area contributed by atoms with Gasteiger partial charge in [-0.2, -0.15) is 0 Å². The minimum Gasteiger partial charge on any atom is -0.481 e. The van der Waals surface area contributed by atoms with Gasteiger partial charge >= 0.3 is 12.0 Å². The average Bonchev–Trinajstić information content (AvgIpc) is 3.10. The van der Waals surface area contributed by atoms with Crippen molar-refractivity contribution in [1.82, 2.24) is 16.0 Å². The Labute approximate surface area is 122 Å². The van der Waals surface area contributed by atoms with Gasteiger partial charge in [-0.25, -0.2) is 4.79 Å². The van der Waals surface area contributed by atoms with Crippen LogP contribution in [-0.4, -0.2) is 41.0 Å². The van der Waals surface area contributed by atoms with Gasteiger partial charge in [0.15, 0.2) is 0 Å².